The van der Waals surface area contributed by atoms with Gasteiger partial charge in [0.25, 0.3) is 0 Å². The van der Waals surface area contributed by atoms with Crippen molar-refractivity contribution in [1.29, 1.82) is 0 Å². The maximum atomic E-state index is 12.1. The Morgan fingerprint density at radius 1 is 0.923 bits per heavy atom. The molecule has 0 aliphatic heterocycles. The topological polar surface area (TPSA) is 197 Å². The van der Waals surface area contributed by atoms with Crippen molar-refractivity contribution in [2.45, 2.75) is 57.3 Å². The third kappa shape index (κ3) is 8.74. The number of carbonyl (C=O) groups is 4. The van der Waals surface area contributed by atoms with Crippen LogP contribution in [0, 0.1) is 0 Å². The van der Waals surface area contributed by atoms with Crippen LogP contribution in [0.3, 0.4) is 0 Å². The minimum Gasteiger partial charge on any atom is -0.480 e. The summed E-state index contributed by atoms with van der Waals surface area (Å²) < 4.78 is 0. The average Bonchev–Trinajstić information content (AvgIpc) is 2.57. The quantitative estimate of drug-likeness (QED) is 0.175. The van der Waals surface area contributed by atoms with Gasteiger partial charge in [-0.15, -0.1) is 0 Å². The van der Waals surface area contributed by atoms with E-state index in [0.29, 0.717) is 19.4 Å². The molecule has 0 bridgehead atoms. The molecule has 0 saturated heterocycles. The van der Waals surface area contributed by atoms with Crippen LogP contribution in [0.2, 0.25) is 0 Å². The molecule has 4 unspecified atom stereocenters. The molecule has 0 fully saturated rings. The fourth-order valence-corrected chi connectivity index (χ4v) is 1.92. The molecular weight excluding hydrogens is 346 g/mol. The van der Waals surface area contributed by atoms with Gasteiger partial charge in [0.2, 0.25) is 17.7 Å². The van der Waals surface area contributed by atoms with E-state index in [1.165, 1.54) is 13.8 Å². The number of amides is 3. The molecule has 0 aromatic heterocycles. The first-order chi connectivity index (χ1) is 12.1. The second-order valence-electron chi connectivity index (χ2n) is 5.95. The van der Waals surface area contributed by atoms with E-state index in [4.69, 9.17) is 16.6 Å². The Kier molecular flexibility index (Phi) is 11.1. The number of carbonyl (C=O) groups excluding carboxylic acids is 3. The van der Waals surface area contributed by atoms with Crippen LogP contribution < -0.4 is 27.4 Å². The molecule has 0 radical (unpaired) electrons. The fraction of sp³-hybridized carbons (Fsp3) is 0.733. The van der Waals surface area contributed by atoms with Crippen molar-refractivity contribution >= 4 is 23.7 Å². The van der Waals surface area contributed by atoms with Gasteiger partial charge in [0.1, 0.15) is 18.1 Å². The number of aliphatic carboxylic acids is 1. The largest absolute Gasteiger partial charge is 0.480 e. The predicted molar refractivity (Wildman–Crippen MR) is 92.7 cm³/mol. The molecule has 0 spiro atoms. The first-order valence-corrected chi connectivity index (χ1v) is 8.34. The van der Waals surface area contributed by atoms with Crippen LogP contribution in [0.15, 0.2) is 0 Å². The summed E-state index contributed by atoms with van der Waals surface area (Å²) in [5.74, 6) is -3.32. The highest BCUT2D eigenvalue weighted by Gasteiger charge is 2.27. The number of aliphatic hydroxyl groups excluding tert-OH is 1. The molecule has 0 aromatic carbocycles. The number of carboxylic acids is 1. The number of hydrogen-bond acceptors (Lipinski definition) is 7. The van der Waals surface area contributed by atoms with Gasteiger partial charge in [-0.25, -0.2) is 4.79 Å². The molecule has 0 aromatic rings. The summed E-state index contributed by atoms with van der Waals surface area (Å²) in [5.41, 5.74) is 10.7. The normalized spacial score (nSPS) is 15.3. The highest BCUT2D eigenvalue weighted by Crippen LogP contribution is 2.01. The summed E-state index contributed by atoms with van der Waals surface area (Å²) in [4.78, 5) is 46.8. The molecule has 9 N–H and O–H groups in total. The number of aliphatic hydroxyl groups is 1. The van der Waals surface area contributed by atoms with Gasteiger partial charge in [-0.05, 0) is 39.7 Å². The highest BCUT2D eigenvalue weighted by molar-refractivity contribution is 5.93. The minimum atomic E-state index is -1.27. The maximum absolute atomic E-state index is 12.1. The van der Waals surface area contributed by atoms with E-state index in [2.05, 4.69) is 16.0 Å². The third-order valence-corrected chi connectivity index (χ3v) is 3.54. The summed E-state index contributed by atoms with van der Waals surface area (Å²) in [6.07, 6.45) is 1.37. The monoisotopic (exact) mass is 375 g/mol. The van der Waals surface area contributed by atoms with Gasteiger partial charge in [-0.1, -0.05) is 0 Å². The lowest BCUT2D eigenvalue weighted by Crippen LogP contribution is -2.57. The number of nitrogens with two attached hydrogens (primary N) is 2. The van der Waals surface area contributed by atoms with Crippen molar-refractivity contribution in [3.8, 4) is 0 Å². The van der Waals surface area contributed by atoms with Crippen molar-refractivity contribution in [3.05, 3.63) is 0 Å². The summed E-state index contributed by atoms with van der Waals surface area (Å²) in [6.45, 7) is 2.50. The van der Waals surface area contributed by atoms with E-state index in [9.17, 15) is 24.3 Å². The van der Waals surface area contributed by atoms with Crippen molar-refractivity contribution < 1.29 is 29.4 Å². The van der Waals surface area contributed by atoms with E-state index >= 15 is 0 Å². The summed E-state index contributed by atoms with van der Waals surface area (Å²) >= 11 is 0. The number of nitrogens with one attached hydrogen (secondary N) is 3. The lowest BCUT2D eigenvalue weighted by molar-refractivity contribution is -0.142. The Morgan fingerprint density at radius 2 is 1.50 bits per heavy atom. The van der Waals surface area contributed by atoms with Crippen LogP contribution in [0.4, 0.5) is 0 Å². The van der Waals surface area contributed by atoms with Gasteiger partial charge in [0.15, 0.2) is 0 Å². The summed E-state index contributed by atoms with van der Waals surface area (Å²) in [6, 6.07) is -4.31. The zero-order valence-corrected chi connectivity index (χ0v) is 15.0. The van der Waals surface area contributed by atoms with E-state index in [0.717, 1.165) is 0 Å². The third-order valence-electron chi connectivity index (χ3n) is 3.54. The lowest BCUT2D eigenvalue weighted by Gasteiger charge is -2.22. The van der Waals surface area contributed by atoms with Crippen LogP contribution >= 0.6 is 0 Å². The first kappa shape index (κ1) is 23.8. The smallest absolute Gasteiger partial charge is 0.326 e. The Bertz CT molecular complexity index is 499. The average molecular weight is 375 g/mol. The molecule has 0 aliphatic carbocycles. The molecule has 4 atom stereocenters. The van der Waals surface area contributed by atoms with E-state index in [-0.39, 0.29) is 6.42 Å². The van der Waals surface area contributed by atoms with Gasteiger partial charge >= 0.3 is 5.97 Å². The van der Waals surface area contributed by atoms with Gasteiger partial charge in [-0.3, -0.25) is 14.4 Å². The molecule has 26 heavy (non-hydrogen) atoms. The number of hydrogen-bond donors (Lipinski definition) is 7. The standard InChI is InChI=1S/C15H29N5O6/c1-8(17)12(22)20-11(7-21)14(24)18-9(2)13(23)19-10(15(25)26)5-3-4-6-16/h8-11,21H,3-7,16-17H2,1-2H3,(H,18,24)(H,19,23)(H,20,22)(H,25,26). The Balaban J connectivity index is 4.67. The molecule has 11 heteroatoms. The lowest BCUT2D eigenvalue weighted by atomic mass is 10.1. The SMILES string of the molecule is CC(N)C(=O)NC(CO)C(=O)NC(C)C(=O)NC(CCCCN)C(=O)O. The van der Waals surface area contributed by atoms with Gasteiger partial charge < -0.3 is 37.6 Å². The molecule has 150 valence electrons. The van der Waals surface area contributed by atoms with Crippen molar-refractivity contribution in [3.63, 3.8) is 0 Å². The Labute approximate surface area is 151 Å². The van der Waals surface area contributed by atoms with E-state index in [1.807, 2.05) is 0 Å². The molecule has 0 rings (SSSR count). The van der Waals surface area contributed by atoms with Crippen LogP contribution in [-0.2, 0) is 19.2 Å². The summed E-state index contributed by atoms with van der Waals surface area (Å²) in [7, 11) is 0. The van der Waals surface area contributed by atoms with Gasteiger partial charge in [-0.2, -0.15) is 0 Å². The predicted octanol–water partition coefficient (Wildman–Crippen LogP) is -2.99. The fourth-order valence-electron chi connectivity index (χ4n) is 1.92. The molecule has 0 heterocycles. The van der Waals surface area contributed by atoms with Crippen LogP contribution in [0.1, 0.15) is 33.1 Å². The molecule has 11 nitrogen and oxygen atoms in total. The molecule has 0 aliphatic rings. The van der Waals surface area contributed by atoms with Crippen molar-refractivity contribution in [1.82, 2.24) is 16.0 Å². The number of carboxylic acid groups (broad SMARTS) is 1. The van der Waals surface area contributed by atoms with E-state index < -0.39 is 54.5 Å². The van der Waals surface area contributed by atoms with Crippen molar-refractivity contribution in [2.24, 2.45) is 11.5 Å². The molecule has 0 saturated carbocycles. The second kappa shape index (κ2) is 12.2. The van der Waals surface area contributed by atoms with Crippen LogP contribution in [-0.4, -0.2) is 71.2 Å². The summed E-state index contributed by atoms with van der Waals surface area (Å²) in [5, 5.41) is 25.2. The van der Waals surface area contributed by atoms with E-state index in [1.54, 1.807) is 0 Å². The van der Waals surface area contributed by atoms with Crippen LogP contribution in [0.25, 0.3) is 0 Å². The highest BCUT2D eigenvalue weighted by atomic mass is 16.4. The number of unbranched alkanes of at least 4 members (excludes halogenated alkanes) is 1. The maximum Gasteiger partial charge on any atom is 0.326 e. The van der Waals surface area contributed by atoms with Crippen LogP contribution in [0.5, 0.6) is 0 Å². The minimum absolute atomic E-state index is 0.211. The Morgan fingerprint density at radius 3 is 1.96 bits per heavy atom. The van der Waals surface area contributed by atoms with Gasteiger partial charge in [0, 0.05) is 0 Å². The second-order valence-corrected chi connectivity index (χ2v) is 5.95. The molecular formula is C15H29N5O6. The zero-order chi connectivity index (χ0) is 20.3. The first-order valence-electron chi connectivity index (χ1n) is 8.34. The van der Waals surface area contributed by atoms with Crippen molar-refractivity contribution in [2.75, 3.05) is 13.2 Å². The Hall–Kier alpha value is -2.24. The molecule has 3 amide bonds. The van der Waals surface area contributed by atoms with Gasteiger partial charge in [0.05, 0.1) is 12.6 Å². The zero-order valence-electron chi connectivity index (χ0n) is 15.0. The number of rotatable bonds is 12.